The highest BCUT2D eigenvalue weighted by atomic mass is 16.4. The number of carboxylic acids is 1. The van der Waals surface area contributed by atoms with E-state index in [1.807, 2.05) is 60.7 Å². The average molecular weight is 365 g/mol. The summed E-state index contributed by atoms with van der Waals surface area (Å²) in [5.74, 6) is -2.36. The molecule has 1 aliphatic carbocycles. The first-order chi connectivity index (χ1) is 13.1. The van der Waals surface area contributed by atoms with E-state index in [0.717, 1.165) is 11.1 Å². The number of Topliss-reactive ketones (excluding diaryl/α,β-unsaturated/α-hetero) is 1. The number of hydrogen-bond donors (Lipinski definition) is 2. The molecule has 3 rings (SSSR count). The minimum atomic E-state index is -1.09. The number of hydrogen-bond acceptors (Lipinski definition) is 3. The molecule has 0 spiro atoms. The molecule has 5 heteroatoms. The number of ketones is 1. The van der Waals surface area contributed by atoms with Crippen molar-refractivity contribution in [2.24, 2.45) is 5.92 Å². The van der Waals surface area contributed by atoms with Gasteiger partial charge in [-0.05, 0) is 29.9 Å². The Kier molecular flexibility index (Phi) is 6.01. The minimum Gasteiger partial charge on any atom is -0.480 e. The molecule has 0 aliphatic heterocycles. The molecule has 0 aromatic heterocycles. The SMILES string of the molecule is O=C1CCC[C@@H]([C@@H](NC(=O)C(c2ccccc2)c2ccccc2)C(=O)O)C1. The third-order valence-corrected chi connectivity index (χ3v) is 5.08. The van der Waals surface area contributed by atoms with Gasteiger partial charge in [0.25, 0.3) is 0 Å². The fraction of sp³-hybridized carbons (Fsp3) is 0.318. The molecule has 0 unspecified atom stereocenters. The third-order valence-electron chi connectivity index (χ3n) is 5.08. The van der Waals surface area contributed by atoms with Crippen LogP contribution in [0.5, 0.6) is 0 Å². The van der Waals surface area contributed by atoms with Crippen LogP contribution in [0.25, 0.3) is 0 Å². The number of carboxylic acid groups (broad SMARTS) is 1. The summed E-state index contributed by atoms with van der Waals surface area (Å²) in [5, 5.41) is 12.4. The van der Waals surface area contributed by atoms with E-state index in [1.165, 1.54) is 0 Å². The van der Waals surface area contributed by atoms with E-state index in [0.29, 0.717) is 19.3 Å². The normalized spacial score (nSPS) is 18.1. The summed E-state index contributed by atoms with van der Waals surface area (Å²) >= 11 is 0. The van der Waals surface area contributed by atoms with E-state index in [4.69, 9.17) is 0 Å². The van der Waals surface area contributed by atoms with E-state index in [9.17, 15) is 19.5 Å². The standard InChI is InChI=1S/C22H23NO4/c24-18-13-7-12-17(14-18)20(22(26)27)23-21(25)19(15-8-3-1-4-9-15)16-10-5-2-6-11-16/h1-6,8-11,17,19-20H,7,12-14H2,(H,23,25)(H,26,27)/t17-,20-/m1/s1. The molecular weight excluding hydrogens is 342 g/mol. The van der Waals surface area contributed by atoms with Crippen molar-refractivity contribution in [2.75, 3.05) is 0 Å². The zero-order valence-corrected chi connectivity index (χ0v) is 15.0. The molecule has 2 atom stereocenters. The summed E-state index contributed by atoms with van der Waals surface area (Å²) in [6.07, 6.45) is 2.00. The van der Waals surface area contributed by atoms with Crippen LogP contribution in [-0.4, -0.2) is 28.8 Å². The number of carbonyl (C=O) groups is 3. The number of carbonyl (C=O) groups excluding carboxylic acids is 2. The summed E-state index contributed by atoms with van der Waals surface area (Å²) < 4.78 is 0. The van der Waals surface area contributed by atoms with Gasteiger partial charge in [-0.25, -0.2) is 4.79 Å². The monoisotopic (exact) mass is 365 g/mol. The predicted octanol–water partition coefficient (Wildman–Crippen LogP) is 3.15. The zero-order chi connectivity index (χ0) is 19.2. The zero-order valence-electron chi connectivity index (χ0n) is 15.0. The molecule has 5 nitrogen and oxygen atoms in total. The van der Waals surface area contributed by atoms with Crippen molar-refractivity contribution >= 4 is 17.7 Å². The molecule has 2 aromatic carbocycles. The summed E-state index contributed by atoms with van der Waals surface area (Å²) in [6, 6.07) is 17.5. The first-order valence-corrected chi connectivity index (χ1v) is 9.21. The van der Waals surface area contributed by atoms with Crippen LogP contribution in [0.15, 0.2) is 60.7 Å². The van der Waals surface area contributed by atoms with Gasteiger partial charge in [-0.2, -0.15) is 0 Å². The lowest BCUT2D eigenvalue weighted by Gasteiger charge is -2.29. The summed E-state index contributed by atoms with van der Waals surface area (Å²) in [6.45, 7) is 0. The minimum absolute atomic E-state index is 0.0643. The highest BCUT2D eigenvalue weighted by Gasteiger charge is 2.35. The van der Waals surface area contributed by atoms with Crippen molar-refractivity contribution in [2.45, 2.75) is 37.6 Å². The smallest absolute Gasteiger partial charge is 0.326 e. The Bertz CT molecular complexity index is 764. The molecule has 2 aromatic rings. The molecule has 1 aliphatic rings. The lowest BCUT2D eigenvalue weighted by atomic mass is 9.82. The topological polar surface area (TPSA) is 83.5 Å². The Labute approximate surface area is 158 Å². The van der Waals surface area contributed by atoms with Crippen molar-refractivity contribution in [3.63, 3.8) is 0 Å². The van der Waals surface area contributed by atoms with E-state index in [1.54, 1.807) is 0 Å². The van der Waals surface area contributed by atoms with Crippen LogP contribution in [0.2, 0.25) is 0 Å². The number of rotatable bonds is 6. The van der Waals surface area contributed by atoms with Crippen molar-refractivity contribution < 1.29 is 19.5 Å². The fourth-order valence-corrected chi connectivity index (χ4v) is 3.75. The molecule has 0 radical (unpaired) electrons. The van der Waals surface area contributed by atoms with Crippen LogP contribution in [0.1, 0.15) is 42.7 Å². The van der Waals surface area contributed by atoms with Crippen LogP contribution < -0.4 is 5.32 Å². The summed E-state index contributed by atoms with van der Waals surface area (Å²) in [7, 11) is 0. The largest absolute Gasteiger partial charge is 0.480 e. The highest BCUT2D eigenvalue weighted by Crippen LogP contribution is 2.28. The van der Waals surface area contributed by atoms with E-state index >= 15 is 0 Å². The molecular formula is C22H23NO4. The van der Waals surface area contributed by atoms with Gasteiger partial charge in [-0.15, -0.1) is 0 Å². The quantitative estimate of drug-likeness (QED) is 0.824. The Hall–Kier alpha value is -2.95. The highest BCUT2D eigenvalue weighted by molar-refractivity contribution is 5.91. The molecule has 1 fully saturated rings. The molecule has 1 amide bonds. The second-order valence-electron chi connectivity index (χ2n) is 6.97. The van der Waals surface area contributed by atoms with Gasteiger partial charge in [0.2, 0.25) is 5.91 Å². The van der Waals surface area contributed by atoms with Crippen LogP contribution in [-0.2, 0) is 14.4 Å². The van der Waals surface area contributed by atoms with Gasteiger partial charge in [0.1, 0.15) is 11.8 Å². The van der Waals surface area contributed by atoms with Crippen LogP contribution >= 0.6 is 0 Å². The molecule has 27 heavy (non-hydrogen) atoms. The van der Waals surface area contributed by atoms with E-state index in [2.05, 4.69) is 5.32 Å². The Balaban J connectivity index is 1.87. The predicted molar refractivity (Wildman–Crippen MR) is 101 cm³/mol. The molecule has 0 saturated heterocycles. The molecule has 2 N–H and O–H groups in total. The second-order valence-corrected chi connectivity index (χ2v) is 6.97. The Morgan fingerprint density at radius 2 is 1.52 bits per heavy atom. The van der Waals surface area contributed by atoms with Crippen molar-refractivity contribution in [1.82, 2.24) is 5.32 Å². The van der Waals surface area contributed by atoms with Crippen LogP contribution in [0.3, 0.4) is 0 Å². The first kappa shape index (κ1) is 18.8. The van der Waals surface area contributed by atoms with Crippen molar-refractivity contribution in [3.05, 3.63) is 71.8 Å². The van der Waals surface area contributed by atoms with Gasteiger partial charge in [-0.3, -0.25) is 9.59 Å². The van der Waals surface area contributed by atoms with Crippen molar-refractivity contribution in [1.29, 1.82) is 0 Å². The van der Waals surface area contributed by atoms with Gasteiger partial charge in [-0.1, -0.05) is 60.7 Å². The number of aliphatic carboxylic acids is 1. The average Bonchev–Trinajstić information content (AvgIpc) is 2.68. The van der Waals surface area contributed by atoms with E-state index < -0.39 is 17.9 Å². The third kappa shape index (κ3) is 4.61. The molecule has 0 heterocycles. The van der Waals surface area contributed by atoms with Gasteiger partial charge >= 0.3 is 5.97 Å². The lowest BCUT2D eigenvalue weighted by Crippen LogP contribution is -2.49. The number of nitrogens with one attached hydrogen (secondary N) is 1. The molecule has 140 valence electrons. The number of benzene rings is 2. The summed E-state index contributed by atoms with van der Waals surface area (Å²) in [4.78, 5) is 36.7. The van der Waals surface area contributed by atoms with Crippen LogP contribution in [0.4, 0.5) is 0 Å². The lowest BCUT2D eigenvalue weighted by molar-refractivity contribution is -0.144. The van der Waals surface area contributed by atoms with Gasteiger partial charge in [0.15, 0.2) is 0 Å². The van der Waals surface area contributed by atoms with Gasteiger partial charge in [0, 0.05) is 12.8 Å². The van der Waals surface area contributed by atoms with Gasteiger partial charge in [0.05, 0.1) is 5.92 Å². The molecule has 0 bridgehead atoms. The van der Waals surface area contributed by atoms with Gasteiger partial charge < -0.3 is 10.4 Å². The van der Waals surface area contributed by atoms with Crippen molar-refractivity contribution in [3.8, 4) is 0 Å². The maximum atomic E-state index is 13.1. The molecule has 1 saturated carbocycles. The van der Waals surface area contributed by atoms with E-state index in [-0.39, 0.29) is 24.0 Å². The first-order valence-electron chi connectivity index (χ1n) is 9.21. The second kappa shape index (κ2) is 8.62. The maximum Gasteiger partial charge on any atom is 0.326 e. The Morgan fingerprint density at radius 3 is 2.00 bits per heavy atom. The Morgan fingerprint density at radius 1 is 0.963 bits per heavy atom. The van der Waals surface area contributed by atoms with Crippen LogP contribution in [0, 0.1) is 5.92 Å². The fourth-order valence-electron chi connectivity index (χ4n) is 3.75. The number of amides is 1. The maximum absolute atomic E-state index is 13.1. The summed E-state index contributed by atoms with van der Waals surface area (Å²) in [5.41, 5.74) is 1.59.